The lowest BCUT2D eigenvalue weighted by Gasteiger charge is -2.23. The fraction of sp³-hybridized carbons (Fsp3) is 0.375. The highest BCUT2D eigenvalue weighted by Crippen LogP contribution is 2.24. The quantitative estimate of drug-likeness (QED) is 0.867. The van der Waals surface area contributed by atoms with Gasteiger partial charge >= 0.3 is 0 Å². The Bertz CT molecular complexity index is 604. The predicted molar refractivity (Wildman–Crippen MR) is 87.0 cm³/mol. The molecule has 2 rings (SSSR count). The van der Waals surface area contributed by atoms with Crippen molar-refractivity contribution in [3.8, 4) is 0 Å². The zero-order valence-electron chi connectivity index (χ0n) is 12.6. The van der Waals surface area contributed by atoms with E-state index in [2.05, 4.69) is 5.32 Å². The monoisotopic (exact) mass is 322 g/mol. The minimum atomic E-state index is -0.572. The molecular weight excluding hydrogens is 303 g/mol. The first-order valence-corrected chi connectivity index (χ1v) is 8.31. The van der Waals surface area contributed by atoms with Gasteiger partial charge in [0, 0.05) is 11.3 Å². The number of benzene rings is 1. The van der Waals surface area contributed by atoms with Crippen LogP contribution in [0.1, 0.15) is 20.3 Å². The third kappa shape index (κ3) is 3.68. The van der Waals surface area contributed by atoms with E-state index in [9.17, 15) is 14.0 Å². The Hall–Kier alpha value is -1.82. The van der Waals surface area contributed by atoms with Gasteiger partial charge in [0.05, 0.1) is 11.6 Å². The van der Waals surface area contributed by atoms with Gasteiger partial charge in [0.2, 0.25) is 5.91 Å². The maximum Gasteiger partial charge on any atom is 0.250 e. The first-order chi connectivity index (χ1) is 10.5. The van der Waals surface area contributed by atoms with Gasteiger partial charge in [0.15, 0.2) is 0 Å². The Morgan fingerprint density at radius 1 is 1.45 bits per heavy atom. The fourth-order valence-corrected chi connectivity index (χ4v) is 3.41. The number of thioether (sulfide) groups is 1. The first-order valence-electron chi connectivity index (χ1n) is 7.15. The second-order valence-electron chi connectivity index (χ2n) is 5.06. The topological polar surface area (TPSA) is 49.4 Å². The molecule has 0 radical (unpaired) electrons. The van der Waals surface area contributed by atoms with Crippen LogP contribution in [0.15, 0.2) is 35.9 Å². The lowest BCUT2D eigenvalue weighted by atomic mass is 10.2. The molecule has 118 valence electrons. The van der Waals surface area contributed by atoms with Crippen LogP contribution in [-0.2, 0) is 9.59 Å². The van der Waals surface area contributed by atoms with Gasteiger partial charge in [-0.25, -0.2) is 4.39 Å². The van der Waals surface area contributed by atoms with Gasteiger partial charge in [0.1, 0.15) is 11.9 Å². The van der Waals surface area contributed by atoms with E-state index < -0.39 is 11.9 Å². The Labute approximate surface area is 133 Å². The molecule has 1 atom stereocenters. The van der Waals surface area contributed by atoms with Gasteiger partial charge in [0.25, 0.3) is 5.91 Å². The van der Waals surface area contributed by atoms with Crippen LogP contribution in [0.2, 0.25) is 0 Å². The molecule has 1 aliphatic heterocycles. The van der Waals surface area contributed by atoms with Crippen molar-refractivity contribution in [1.29, 1.82) is 0 Å². The van der Waals surface area contributed by atoms with Crippen LogP contribution in [-0.4, -0.2) is 34.4 Å². The van der Waals surface area contributed by atoms with Crippen LogP contribution in [0.5, 0.6) is 0 Å². The minimum absolute atomic E-state index is 0.137. The first kappa shape index (κ1) is 16.5. The maximum absolute atomic E-state index is 13.6. The predicted octanol–water partition coefficient (Wildman–Crippen LogP) is 3.02. The second kappa shape index (κ2) is 7.45. The normalized spacial score (nSPS) is 18.4. The summed E-state index contributed by atoms with van der Waals surface area (Å²) in [6, 6.07) is 5.43. The molecule has 1 N–H and O–H groups in total. The number of anilines is 1. The number of carbonyl (C=O) groups is 2. The number of carbonyl (C=O) groups excluding carboxylic acids is 2. The average molecular weight is 322 g/mol. The molecule has 1 aromatic rings. The van der Waals surface area contributed by atoms with Crippen LogP contribution in [0.25, 0.3) is 0 Å². The number of nitrogens with one attached hydrogen (secondary N) is 1. The summed E-state index contributed by atoms with van der Waals surface area (Å²) in [5, 5.41) is 2.57. The lowest BCUT2D eigenvalue weighted by molar-refractivity contribution is -0.133. The summed E-state index contributed by atoms with van der Waals surface area (Å²) < 4.78 is 13.6. The smallest absolute Gasteiger partial charge is 0.250 e. The SMILES string of the molecule is CC/C=C(/C)C(=O)N1CSC[C@H]1C(=O)Nc1ccccc1F. The summed E-state index contributed by atoms with van der Waals surface area (Å²) >= 11 is 1.52. The van der Waals surface area contributed by atoms with Gasteiger partial charge < -0.3 is 10.2 Å². The summed E-state index contributed by atoms with van der Waals surface area (Å²) in [6.45, 7) is 3.71. The highest BCUT2D eigenvalue weighted by Gasteiger charge is 2.35. The molecule has 22 heavy (non-hydrogen) atoms. The zero-order chi connectivity index (χ0) is 16.1. The summed E-state index contributed by atoms with van der Waals surface area (Å²) in [5.41, 5.74) is 0.770. The fourth-order valence-electron chi connectivity index (χ4n) is 2.26. The Balaban J connectivity index is 2.10. The number of para-hydroxylation sites is 1. The third-order valence-electron chi connectivity index (χ3n) is 3.43. The molecule has 4 nitrogen and oxygen atoms in total. The van der Waals surface area contributed by atoms with Crippen molar-refractivity contribution < 1.29 is 14.0 Å². The maximum atomic E-state index is 13.6. The molecule has 0 spiro atoms. The summed E-state index contributed by atoms with van der Waals surface area (Å²) in [5.74, 6) is 0.0174. The molecule has 2 amide bonds. The van der Waals surface area contributed by atoms with Crippen LogP contribution in [0.3, 0.4) is 0 Å². The van der Waals surface area contributed by atoms with E-state index in [0.717, 1.165) is 6.42 Å². The van der Waals surface area contributed by atoms with Gasteiger partial charge in [-0.1, -0.05) is 25.1 Å². The van der Waals surface area contributed by atoms with Crippen molar-refractivity contribution in [2.45, 2.75) is 26.3 Å². The minimum Gasteiger partial charge on any atom is -0.322 e. The standard InChI is InChI=1S/C16H19FN2O2S/c1-3-6-11(2)16(21)19-10-22-9-14(19)15(20)18-13-8-5-4-7-12(13)17/h4-8,14H,3,9-10H2,1-2H3,(H,18,20)/b11-6-/t14-/m0/s1. The van der Waals surface area contributed by atoms with Crippen molar-refractivity contribution in [2.24, 2.45) is 0 Å². The summed E-state index contributed by atoms with van der Waals surface area (Å²) in [7, 11) is 0. The number of allylic oxidation sites excluding steroid dienone is 1. The van der Waals surface area contributed by atoms with Crippen molar-refractivity contribution in [3.63, 3.8) is 0 Å². The van der Waals surface area contributed by atoms with E-state index in [0.29, 0.717) is 17.2 Å². The van der Waals surface area contributed by atoms with E-state index in [-0.39, 0.29) is 17.5 Å². The molecule has 0 unspecified atom stereocenters. The molecule has 1 fully saturated rings. The van der Waals surface area contributed by atoms with Crippen molar-refractivity contribution in [1.82, 2.24) is 4.90 Å². The summed E-state index contributed by atoms with van der Waals surface area (Å²) in [4.78, 5) is 26.3. The Kier molecular flexibility index (Phi) is 5.60. The van der Waals surface area contributed by atoms with Crippen LogP contribution in [0, 0.1) is 5.82 Å². The van der Waals surface area contributed by atoms with Gasteiger partial charge in [-0.2, -0.15) is 0 Å². The van der Waals surface area contributed by atoms with Gasteiger partial charge in [-0.15, -0.1) is 11.8 Å². The molecule has 1 saturated heterocycles. The molecule has 1 aromatic carbocycles. The summed E-state index contributed by atoms with van der Waals surface area (Å²) in [6.07, 6.45) is 2.61. The van der Waals surface area contributed by atoms with Crippen LogP contribution >= 0.6 is 11.8 Å². The van der Waals surface area contributed by atoms with Gasteiger partial charge in [-0.05, 0) is 25.5 Å². The van der Waals surface area contributed by atoms with E-state index in [1.54, 1.807) is 24.0 Å². The molecule has 0 bridgehead atoms. The average Bonchev–Trinajstić information content (AvgIpc) is 2.98. The molecule has 1 heterocycles. The highest BCUT2D eigenvalue weighted by atomic mass is 32.2. The molecule has 0 aliphatic carbocycles. The van der Waals surface area contributed by atoms with E-state index in [1.807, 2.05) is 13.0 Å². The number of rotatable bonds is 4. The number of halogens is 1. The van der Waals surface area contributed by atoms with E-state index in [1.165, 1.54) is 23.9 Å². The zero-order valence-corrected chi connectivity index (χ0v) is 13.5. The van der Waals surface area contributed by atoms with Crippen molar-refractivity contribution in [3.05, 3.63) is 41.7 Å². The molecule has 0 saturated carbocycles. The third-order valence-corrected chi connectivity index (χ3v) is 4.44. The number of nitrogens with zero attached hydrogens (tertiary/aromatic N) is 1. The highest BCUT2D eigenvalue weighted by molar-refractivity contribution is 7.99. The Morgan fingerprint density at radius 2 is 2.18 bits per heavy atom. The van der Waals surface area contributed by atoms with E-state index in [4.69, 9.17) is 0 Å². The number of amides is 2. The number of hydrogen-bond donors (Lipinski definition) is 1. The van der Waals surface area contributed by atoms with Gasteiger partial charge in [-0.3, -0.25) is 9.59 Å². The molecule has 6 heteroatoms. The van der Waals surface area contributed by atoms with Crippen LogP contribution in [0.4, 0.5) is 10.1 Å². The second-order valence-corrected chi connectivity index (χ2v) is 6.05. The molecule has 1 aliphatic rings. The lowest BCUT2D eigenvalue weighted by Crippen LogP contribution is -2.44. The number of hydrogen-bond acceptors (Lipinski definition) is 3. The molecule has 0 aromatic heterocycles. The van der Waals surface area contributed by atoms with Crippen molar-refractivity contribution in [2.75, 3.05) is 16.9 Å². The molecular formula is C16H19FN2O2S. The Morgan fingerprint density at radius 3 is 2.86 bits per heavy atom. The van der Waals surface area contributed by atoms with Crippen LogP contribution < -0.4 is 5.32 Å². The van der Waals surface area contributed by atoms with E-state index >= 15 is 0 Å². The van der Waals surface area contributed by atoms with Crippen molar-refractivity contribution >= 4 is 29.3 Å². The largest absolute Gasteiger partial charge is 0.322 e.